The Morgan fingerprint density at radius 3 is 2.50 bits per heavy atom. The van der Waals surface area contributed by atoms with E-state index in [0.717, 1.165) is 72.4 Å². The molecule has 7 heteroatoms. The van der Waals surface area contributed by atoms with Gasteiger partial charge in [0.25, 0.3) is 0 Å². The van der Waals surface area contributed by atoms with E-state index in [4.69, 9.17) is 19.4 Å². The monoisotopic (exact) mass is 433 g/mol. The van der Waals surface area contributed by atoms with Gasteiger partial charge in [0.05, 0.1) is 24.9 Å². The molecule has 2 fully saturated rings. The van der Waals surface area contributed by atoms with Gasteiger partial charge < -0.3 is 24.6 Å². The first-order valence-corrected chi connectivity index (χ1v) is 11.4. The Kier molecular flexibility index (Phi) is 5.99. The van der Waals surface area contributed by atoms with Crippen LogP contribution in [0.3, 0.4) is 0 Å². The number of ether oxygens (including phenoxy) is 2. The van der Waals surface area contributed by atoms with Gasteiger partial charge in [0.2, 0.25) is 0 Å². The van der Waals surface area contributed by atoms with Crippen LogP contribution in [-0.4, -0.2) is 63.5 Å². The van der Waals surface area contributed by atoms with Crippen LogP contribution in [0.15, 0.2) is 42.5 Å². The molecule has 7 nitrogen and oxygen atoms in total. The minimum Gasteiger partial charge on any atom is -0.495 e. The Labute approximate surface area is 189 Å². The van der Waals surface area contributed by atoms with Gasteiger partial charge in [-0.3, -0.25) is 0 Å². The first-order valence-electron chi connectivity index (χ1n) is 11.4. The minimum atomic E-state index is 0.521. The lowest BCUT2D eigenvalue weighted by Crippen LogP contribution is -2.47. The van der Waals surface area contributed by atoms with Gasteiger partial charge in [-0.25, -0.2) is 9.97 Å². The number of nitrogens with zero attached hydrogens (tertiary/aromatic N) is 4. The summed E-state index contributed by atoms with van der Waals surface area (Å²) in [6, 6.07) is 14.7. The van der Waals surface area contributed by atoms with Gasteiger partial charge in [-0.1, -0.05) is 12.1 Å². The van der Waals surface area contributed by atoms with Crippen LogP contribution in [-0.2, 0) is 4.74 Å². The molecule has 0 unspecified atom stereocenters. The molecule has 0 amide bonds. The second kappa shape index (κ2) is 9.20. The summed E-state index contributed by atoms with van der Waals surface area (Å²) >= 11 is 0. The lowest BCUT2D eigenvalue weighted by atomic mass is 10.1. The number of nitrogens with one attached hydrogen (secondary N) is 1. The summed E-state index contributed by atoms with van der Waals surface area (Å²) in [4.78, 5) is 14.8. The molecule has 1 aromatic heterocycles. The number of fused-ring (bicyclic) bond motifs is 1. The number of methoxy groups -OCH3 is 2. The predicted octanol–water partition coefficient (Wildman–Crippen LogP) is 3.90. The van der Waals surface area contributed by atoms with E-state index >= 15 is 0 Å². The molecule has 0 atom stereocenters. The predicted molar refractivity (Wildman–Crippen MR) is 129 cm³/mol. The molecule has 3 aromatic rings. The SMILES string of the molecule is COCCNc1ccc2nc(C3CC3)nc(N3CCN(c4ccccc4OC)CC3)c2c1. The number of anilines is 3. The first-order chi connectivity index (χ1) is 15.8. The quantitative estimate of drug-likeness (QED) is 0.541. The molecular formula is C25H31N5O2. The number of piperazine rings is 1. The standard InChI is InChI=1S/C25H31N5O2/c1-31-16-11-26-19-9-10-21-20(17-19)25(28-24(27-21)18-7-8-18)30-14-12-29(13-15-30)22-5-3-4-6-23(22)32-2/h3-6,9-10,17-18,26H,7-8,11-16H2,1-2H3. The van der Waals surface area contributed by atoms with Crippen molar-refractivity contribution in [3.8, 4) is 5.75 Å². The average Bonchev–Trinajstić information content (AvgIpc) is 3.69. The molecule has 32 heavy (non-hydrogen) atoms. The Bertz CT molecular complexity index is 1080. The topological polar surface area (TPSA) is 62.8 Å². The summed E-state index contributed by atoms with van der Waals surface area (Å²) in [6.07, 6.45) is 2.40. The van der Waals surface area contributed by atoms with Gasteiger partial charge in [-0.15, -0.1) is 0 Å². The molecule has 2 aromatic carbocycles. The van der Waals surface area contributed by atoms with Crippen molar-refractivity contribution in [3.05, 3.63) is 48.3 Å². The highest BCUT2D eigenvalue weighted by Crippen LogP contribution is 2.40. The molecule has 1 saturated heterocycles. The minimum absolute atomic E-state index is 0.521. The van der Waals surface area contributed by atoms with Crippen molar-refractivity contribution in [1.82, 2.24) is 9.97 Å². The molecule has 168 valence electrons. The van der Waals surface area contributed by atoms with Gasteiger partial charge in [0.1, 0.15) is 17.4 Å². The maximum atomic E-state index is 5.58. The highest BCUT2D eigenvalue weighted by Gasteiger charge is 2.29. The zero-order valence-corrected chi connectivity index (χ0v) is 18.9. The highest BCUT2D eigenvalue weighted by molar-refractivity contribution is 5.92. The van der Waals surface area contributed by atoms with Crippen molar-refractivity contribution < 1.29 is 9.47 Å². The molecule has 1 aliphatic carbocycles. The van der Waals surface area contributed by atoms with Crippen LogP contribution in [0, 0.1) is 0 Å². The van der Waals surface area contributed by atoms with E-state index in [9.17, 15) is 0 Å². The van der Waals surface area contributed by atoms with E-state index in [2.05, 4.69) is 45.4 Å². The Hall–Kier alpha value is -3.06. The van der Waals surface area contributed by atoms with Crippen LogP contribution in [0.4, 0.5) is 17.2 Å². The summed E-state index contributed by atoms with van der Waals surface area (Å²) in [5, 5.41) is 4.55. The third kappa shape index (κ3) is 4.30. The number of hydrogen-bond acceptors (Lipinski definition) is 7. The van der Waals surface area contributed by atoms with Crippen molar-refractivity contribution in [1.29, 1.82) is 0 Å². The zero-order valence-electron chi connectivity index (χ0n) is 18.9. The van der Waals surface area contributed by atoms with Gasteiger partial charge in [0.15, 0.2) is 0 Å². The van der Waals surface area contributed by atoms with Crippen molar-refractivity contribution in [2.75, 3.05) is 68.7 Å². The van der Waals surface area contributed by atoms with Crippen molar-refractivity contribution >= 4 is 28.1 Å². The summed E-state index contributed by atoms with van der Waals surface area (Å²) in [5.74, 6) is 3.51. The Morgan fingerprint density at radius 1 is 0.969 bits per heavy atom. The van der Waals surface area contributed by atoms with E-state index in [0.29, 0.717) is 12.5 Å². The second-order valence-electron chi connectivity index (χ2n) is 8.48. The summed E-state index contributed by atoms with van der Waals surface area (Å²) < 4.78 is 10.8. The van der Waals surface area contributed by atoms with E-state index in [1.807, 2.05) is 12.1 Å². The molecule has 0 bridgehead atoms. The van der Waals surface area contributed by atoms with Gasteiger partial charge >= 0.3 is 0 Å². The third-order valence-corrected chi connectivity index (χ3v) is 6.28. The zero-order chi connectivity index (χ0) is 21.9. The number of benzene rings is 2. The second-order valence-corrected chi connectivity index (χ2v) is 8.48. The molecule has 2 heterocycles. The van der Waals surface area contributed by atoms with E-state index in [1.54, 1.807) is 14.2 Å². The largest absolute Gasteiger partial charge is 0.495 e. The molecular weight excluding hydrogens is 402 g/mol. The fourth-order valence-electron chi connectivity index (χ4n) is 4.35. The van der Waals surface area contributed by atoms with E-state index in [1.165, 1.54) is 12.8 Å². The van der Waals surface area contributed by atoms with Gasteiger partial charge in [-0.2, -0.15) is 0 Å². The van der Waals surface area contributed by atoms with Crippen LogP contribution in [0.5, 0.6) is 5.75 Å². The smallest absolute Gasteiger partial charge is 0.142 e. The molecule has 0 spiro atoms. The van der Waals surface area contributed by atoms with Crippen molar-refractivity contribution in [2.45, 2.75) is 18.8 Å². The van der Waals surface area contributed by atoms with Crippen molar-refractivity contribution in [3.63, 3.8) is 0 Å². The normalized spacial score (nSPS) is 16.4. The van der Waals surface area contributed by atoms with Crippen LogP contribution in [0.2, 0.25) is 0 Å². The number of hydrogen-bond donors (Lipinski definition) is 1. The third-order valence-electron chi connectivity index (χ3n) is 6.28. The van der Waals surface area contributed by atoms with Crippen molar-refractivity contribution in [2.24, 2.45) is 0 Å². The maximum absolute atomic E-state index is 5.58. The van der Waals surface area contributed by atoms with Crippen LogP contribution >= 0.6 is 0 Å². The van der Waals surface area contributed by atoms with Crippen LogP contribution in [0.1, 0.15) is 24.6 Å². The van der Waals surface area contributed by atoms with Gasteiger partial charge in [0, 0.05) is 56.8 Å². The van der Waals surface area contributed by atoms with E-state index < -0.39 is 0 Å². The Balaban J connectivity index is 1.41. The molecule has 1 N–H and O–H groups in total. The van der Waals surface area contributed by atoms with Crippen LogP contribution in [0.25, 0.3) is 10.9 Å². The fourth-order valence-corrected chi connectivity index (χ4v) is 4.35. The first kappa shape index (κ1) is 20.8. The maximum Gasteiger partial charge on any atom is 0.142 e. The highest BCUT2D eigenvalue weighted by atomic mass is 16.5. The average molecular weight is 434 g/mol. The molecule has 2 aliphatic rings. The number of rotatable bonds is 8. The number of para-hydroxylation sites is 2. The summed E-state index contributed by atoms with van der Waals surface area (Å²) in [5.41, 5.74) is 3.26. The molecule has 0 radical (unpaired) electrons. The Morgan fingerprint density at radius 2 is 1.75 bits per heavy atom. The van der Waals surface area contributed by atoms with E-state index in [-0.39, 0.29) is 0 Å². The summed E-state index contributed by atoms with van der Waals surface area (Å²) in [7, 11) is 3.46. The molecule has 1 aliphatic heterocycles. The summed E-state index contributed by atoms with van der Waals surface area (Å²) in [6.45, 7) is 5.13. The molecule has 5 rings (SSSR count). The fraction of sp³-hybridized carbons (Fsp3) is 0.440. The lowest BCUT2D eigenvalue weighted by Gasteiger charge is -2.37. The lowest BCUT2D eigenvalue weighted by molar-refractivity contribution is 0.211. The molecule has 1 saturated carbocycles. The van der Waals surface area contributed by atoms with Gasteiger partial charge in [-0.05, 0) is 43.2 Å². The van der Waals surface area contributed by atoms with Crippen LogP contribution < -0.4 is 19.9 Å². The number of aromatic nitrogens is 2.